The van der Waals surface area contributed by atoms with Gasteiger partial charge in [-0.05, 0) is 33.1 Å². The summed E-state index contributed by atoms with van der Waals surface area (Å²) in [7, 11) is 0. The Morgan fingerprint density at radius 2 is 0.881 bits per heavy atom. The van der Waals surface area contributed by atoms with E-state index in [1.807, 2.05) is 13.8 Å². The van der Waals surface area contributed by atoms with Crippen molar-refractivity contribution >= 4 is 0 Å². The highest BCUT2D eigenvalue weighted by atomic mass is 16.3. The van der Waals surface area contributed by atoms with Crippen molar-refractivity contribution in [3.8, 4) is 0 Å². The van der Waals surface area contributed by atoms with E-state index in [0.717, 1.165) is 110 Å². The predicted molar refractivity (Wildman–Crippen MR) is 173 cm³/mol. The normalized spacial score (nSPS) is 19.1. The van der Waals surface area contributed by atoms with E-state index >= 15 is 0 Å². The molecule has 10 nitrogen and oxygen atoms in total. The molecule has 0 aromatic heterocycles. The smallest absolute Gasteiger partial charge is 0.0667 e. The van der Waals surface area contributed by atoms with Crippen LogP contribution >= 0.6 is 0 Å². The van der Waals surface area contributed by atoms with Crippen molar-refractivity contribution in [2.24, 2.45) is 0 Å². The van der Waals surface area contributed by atoms with E-state index < -0.39 is 12.2 Å². The summed E-state index contributed by atoms with van der Waals surface area (Å²) >= 11 is 0. The zero-order chi connectivity index (χ0) is 31.3. The second-order valence-corrected chi connectivity index (χ2v) is 12.9. The molecule has 0 radical (unpaired) electrons. The molecule has 0 aromatic rings. The molecule has 0 saturated carbocycles. The number of nitrogens with zero attached hydrogens (tertiary/aromatic N) is 5. The summed E-state index contributed by atoms with van der Waals surface area (Å²) in [6, 6.07) is 0. The number of rotatable bonds is 26. The molecule has 42 heavy (non-hydrogen) atoms. The third kappa shape index (κ3) is 19.8. The van der Waals surface area contributed by atoms with Gasteiger partial charge in [0.1, 0.15) is 0 Å². The Kier molecular flexibility index (Phi) is 22.6. The van der Waals surface area contributed by atoms with Gasteiger partial charge in [-0.25, -0.2) is 0 Å². The Bertz CT molecular complexity index is 624. The van der Waals surface area contributed by atoms with Crippen LogP contribution in [0.5, 0.6) is 0 Å². The summed E-state index contributed by atoms with van der Waals surface area (Å²) in [5.74, 6) is 0. The van der Waals surface area contributed by atoms with Crippen molar-refractivity contribution in [1.29, 1.82) is 0 Å². The highest BCUT2D eigenvalue weighted by Crippen LogP contribution is 2.09. The van der Waals surface area contributed by atoms with E-state index in [9.17, 15) is 25.5 Å². The van der Waals surface area contributed by atoms with E-state index in [1.165, 1.54) is 0 Å². The number of aliphatic hydroxyl groups excluding tert-OH is 5. The van der Waals surface area contributed by atoms with Gasteiger partial charge in [0.2, 0.25) is 0 Å². The minimum Gasteiger partial charge on any atom is -0.392 e. The second kappa shape index (κ2) is 23.9. The Morgan fingerprint density at radius 3 is 1.31 bits per heavy atom. The van der Waals surface area contributed by atoms with Crippen LogP contribution in [0.15, 0.2) is 0 Å². The highest BCUT2D eigenvalue weighted by Gasteiger charge is 2.21. The van der Waals surface area contributed by atoms with Crippen LogP contribution in [0.1, 0.15) is 79.6 Å². The summed E-state index contributed by atoms with van der Waals surface area (Å²) in [6.07, 6.45) is 4.43. The number of piperazine rings is 1. The van der Waals surface area contributed by atoms with Crippen LogP contribution in [0.3, 0.4) is 0 Å². The van der Waals surface area contributed by atoms with Crippen molar-refractivity contribution in [3.05, 3.63) is 0 Å². The van der Waals surface area contributed by atoms with E-state index in [-0.39, 0.29) is 18.3 Å². The maximum atomic E-state index is 10.6. The molecule has 0 aliphatic carbocycles. The number of hydrogen-bond donors (Lipinski definition) is 5. The average molecular weight is 604 g/mol. The fourth-order valence-corrected chi connectivity index (χ4v) is 5.92. The fraction of sp³-hybridized carbons (Fsp3) is 1.00. The molecule has 1 aliphatic heterocycles. The van der Waals surface area contributed by atoms with Gasteiger partial charge in [0, 0.05) is 98.2 Å². The first-order valence-corrected chi connectivity index (χ1v) is 17.1. The lowest BCUT2D eigenvalue weighted by atomic mass is 10.1. The fourth-order valence-electron chi connectivity index (χ4n) is 5.92. The lowest BCUT2D eigenvalue weighted by Gasteiger charge is -2.37. The maximum Gasteiger partial charge on any atom is 0.0667 e. The predicted octanol–water partition coefficient (Wildman–Crippen LogP) is 1.14. The molecule has 0 aromatic carbocycles. The average Bonchev–Trinajstić information content (AvgIpc) is 2.92. The summed E-state index contributed by atoms with van der Waals surface area (Å²) in [4.78, 5) is 11.7. The Morgan fingerprint density at radius 1 is 0.500 bits per heavy atom. The standard InChI is InChI=1S/C32H69N5O5/c1-6-9-12-32(42)27-37(26-31(41)11-8-3)22-20-35(23-28(4)38)19-17-33-13-15-34(16-14-33)18-21-36(24-29(5)39)25-30(40)10-7-2/h28-32,38-42H,6-27H2,1-5H3. The lowest BCUT2D eigenvalue weighted by Crippen LogP contribution is -2.51. The number of hydrogen-bond acceptors (Lipinski definition) is 10. The Balaban J connectivity index is 2.55. The minimum atomic E-state index is -0.406. The second-order valence-electron chi connectivity index (χ2n) is 12.9. The van der Waals surface area contributed by atoms with Crippen LogP contribution in [-0.2, 0) is 0 Å². The van der Waals surface area contributed by atoms with Gasteiger partial charge < -0.3 is 25.5 Å². The highest BCUT2D eigenvalue weighted by molar-refractivity contribution is 4.77. The molecule has 5 atom stereocenters. The SMILES string of the molecule is CCCCC(O)CN(CCN(CCN1CCN(CCN(CC(C)O)CC(O)CCC)CC1)CC(C)O)CC(O)CCC. The molecule has 5 N–H and O–H groups in total. The van der Waals surface area contributed by atoms with Crippen molar-refractivity contribution in [1.82, 2.24) is 24.5 Å². The number of aliphatic hydroxyl groups is 5. The quantitative estimate of drug-likeness (QED) is 0.0986. The lowest BCUT2D eigenvalue weighted by molar-refractivity contribution is 0.0465. The van der Waals surface area contributed by atoms with Gasteiger partial charge in [0.25, 0.3) is 0 Å². The molecular weight excluding hydrogens is 534 g/mol. The van der Waals surface area contributed by atoms with Crippen LogP contribution in [0.4, 0.5) is 0 Å². The van der Waals surface area contributed by atoms with Crippen molar-refractivity contribution in [2.75, 3.05) is 98.2 Å². The summed E-state index contributed by atoms with van der Waals surface area (Å²) < 4.78 is 0. The molecule has 10 heteroatoms. The molecule has 1 rings (SSSR count). The minimum absolute atomic E-state index is 0.338. The first kappa shape index (κ1) is 39.6. The molecule has 1 aliphatic rings. The molecule has 0 spiro atoms. The van der Waals surface area contributed by atoms with E-state index in [2.05, 4.69) is 45.3 Å². The number of unbranched alkanes of at least 4 members (excludes halogenated alkanes) is 1. The summed E-state index contributed by atoms with van der Waals surface area (Å²) in [6.45, 7) is 22.2. The van der Waals surface area contributed by atoms with E-state index in [1.54, 1.807) is 0 Å². The Hall–Kier alpha value is -0.400. The third-order valence-corrected chi connectivity index (χ3v) is 8.25. The van der Waals surface area contributed by atoms with Crippen molar-refractivity contribution < 1.29 is 25.5 Å². The monoisotopic (exact) mass is 604 g/mol. The molecule has 5 unspecified atom stereocenters. The van der Waals surface area contributed by atoms with Gasteiger partial charge in [0.05, 0.1) is 30.5 Å². The van der Waals surface area contributed by atoms with Gasteiger partial charge in [0.15, 0.2) is 0 Å². The van der Waals surface area contributed by atoms with Crippen LogP contribution < -0.4 is 0 Å². The van der Waals surface area contributed by atoms with Gasteiger partial charge in [-0.3, -0.25) is 24.5 Å². The molecule has 252 valence electrons. The molecule has 0 bridgehead atoms. The Labute approximate surface area is 258 Å². The molecule has 1 saturated heterocycles. The topological polar surface area (TPSA) is 117 Å². The maximum absolute atomic E-state index is 10.6. The van der Waals surface area contributed by atoms with Crippen LogP contribution in [0, 0.1) is 0 Å². The first-order valence-electron chi connectivity index (χ1n) is 17.1. The van der Waals surface area contributed by atoms with Crippen molar-refractivity contribution in [2.45, 2.75) is 110 Å². The van der Waals surface area contributed by atoms with Crippen LogP contribution in [-0.4, -0.2) is 179 Å². The molecule has 0 amide bonds. The summed E-state index contributed by atoms with van der Waals surface area (Å²) in [5, 5.41) is 51.4. The molecule has 1 fully saturated rings. The molecule has 1 heterocycles. The van der Waals surface area contributed by atoms with Crippen LogP contribution in [0.25, 0.3) is 0 Å². The van der Waals surface area contributed by atoms with E-state index in [0.29, 0.717) is 32.7 Å². The van der Waals surface area contributed by atoms with Gasteiger partial charge in [-0.15, -0.1) is 0 Å². The zero-order valence-electron chi connectivity index (χ0n) is 27.9. The van der Waals surface area contributed by atoms with Gasteiger partial charge in [-0.2, -0.15) is 0 Å². The first-order chi connectivity index (χ1) is 20.1. The largest absolute Gasteiger partial charge is 0.392 e. The van der Waals surface area contributed by atoms with Crippen molar-refractivity contribution in [3.63, 3.8) is 0 Å². The van der Waals surface area contributed by atoms with Gasteiger partial charge >= 0.3 is 0 Å². The zero-order valence-corrected chi connectivity index (χ0v) is 27.9. The van der Waals surface area contributed by atoms with Gasteiger partial charge in [-0.1, -0.05) is 46.5 Å². The van der Waals surface area contributed by atoms with E-state index in [4.69, 9.17) is 0 Å². The molecular formula is C32H69N5O5. The van der Waals surface area contributed by atoms with Crippen LogP contribution in [0.2, 0.25) is 0 Å². The summed E-state index contributed by atoms with van der Waals surface area (Å²) in [5.41, 5.74) is 0. The third-order valence-electron chi connectivity index (χ3n) is 8.25.